The average molecular weight is 665 g/mol. The Hall–Kier alpha value is -4.23. The maximum absolute atomic E-state index is 13.7. The SMILES string of the molecule is CC(C)(C)OC(=O)N1CCC[C@@H](CC(=O)c2ccc3c(c2)c(Br)nn3C(c2ccccc2)(c2ccccc2)c2ccccc2)C1. The number of benzene rings is 4. The number of likely N-dealkylation sites (tertiary alicyclic amines) is 1. The number of fused-ring (bicyclic) bond motifs is 1. The molecule has 1 amide bonds. The quantitative estimate of drug-likeness (QED) is 0.129. The van der Waals surface area contributed by atoms with Gasteiger partial charge in [0.05, 0.1) is 5.52 Å². The number of carbonyl (C=O) groups excluding carboxylic acids is 2. The van der Waals surface area contributed by atoms with Gasteiger partial charge in [0.15, 0.2) is 5.78 Å². The zero-order chi connectivity index (χ0) is 31.6. The molecule has 0 saturated carbocycles. The summed E-state index contributed by atoms with van der Waals surface area (Å²) in [5.41, 5.74) is 3.45. The van der Waals surface area contributed by atoms with E-state index in [1.54, 1.807) is 4.90 Å². The minimum absolute atomic E-state index is 0.0630. The molecule has 0 unspecified atom stereocenters. The summed E-state index contributed by atoms with van der Waals surface area (Å²) in [7, 11) is 0. The number of hydrogen-bond donors (Lipinski definition) is 0. The summed E-state index contributed by atoms with van der Waals surface area (Å²) < 4.78 is 8.35. The van der Waals surface area contributed by atoms with E-state index in [4.69, 9.17) is 9.84 Å². The van der Waals surface area contributed by atoms with Crippen LogP contribution < -0.4 is 0 Å². The number of Topliss-reactive ketones (excluding diaryl/α,β-unsaturated/α-hetero) is 1. The Morgan fingerprint density at radius 3 is 1.93 bits per heavy atom. The molecule has 230 valence electrons. The van der Waals surface area contributed by atoms with Crippen LogP contribution in [0.25, 0.3) is 10.9 Å². The average Bonchev–Trinajstić information content (AvgIpc) is 3.38. The van der Waals surface area contributed by atoms with Gasteiger partial charge in [0.2, 0.25) is 0 Å². The van der Waals surface area contributed by atoms with E-state index in [9.17, 15) is 9.59 Å². The highest BCUT2D eigenvalue weighted by atomic mass is 79.9. The summed E-state index contributed by atoms with van der Waals surface area (Å²) in [6.45, 7) is 6.80. The van der Waals surface area contributed by atoms with Gasteiger partial charge in [0.25, 0.3) is 0 Å². The summed E-state index contributed by atoms with van der Waals surface area (Å²) in [4.78, 5) is 28.1. The molecule has 1 atom stereocenters. The lowest BCUT2D eigenvalue weighted by Gasteiger charge is -2.37. The fourth-order valence-electron chi connectivity index (χ4n) is 6.52. The third kappa shape index (κ3) is 6.19. The van der Waals surface area contributed by atoms with Gasteiger partial charge in [0.1, 0.15) is 15.7 Å². The Morgan fingerprint density at radius 1 is 0.844 bits per heavy atom. The fourth-order valence-corrected chi connectivity index (χ4v) is 7.00. The number of carbonyl (C=O) groups is 2. The maximum Gasteiger partial charge on any atom is 0.410 e. The summed E-state index contributed by atoms with van der Waals surface area (Å²) >= 11 is 3.76. The molecule has 6 rings (SSSR count). The smallest absolute Gasteiger partial charge is 0.410 e. The Balaban J connectivity index is 1.38. The number of hydrogen-bond acceptors (Lipinski definition) is 4. The fraction of sp³-hybridized carbons (Fsp3) is 0.289. The van der Waals surface area contributed by atoms with Gasteiger partial charge in [-0.2, -0.15) is 5.10 Å². The zero-order valence-electron chi connectivity index (χ0n) is 25.9. The molecule has 45 heavy (non-hydrogen) atoms. The molecule has 1 aliphatic heterocycles. The van der Waals surface area contributed by atoms with Crippen molar-refractivity contribution in [3.8, 4) is 0 Å². The molecule has 1 aromatic heterocycles. The Morgan fingerprint density at radius 2 is 1.40 bits per heavy atom. The molecular formula is C38H38BrN3O3. The minimum atomic E-state index is -0.771. The maximum atomic E-state index is 13.7. The molecular weight excluding hydrogens is 626 g/mol. The summed E-state index contributed by atoms with van der Waals surface area (Å²) in [6.07, 6.45) is 1.83. The highest BCUT2D eigenvalue weighted by molar-refractivity contribution is 9.10. The molecule has 0 N–H and O–H groups in total. The van der Waals surface area contributed by atoms with E-state index in [1.807, 2.05) is 57.2 Å². The van der Waals surface area contributed by atoms with E-state index in [1.165, 1.54) is 0 Å². The molecule has 7 heteroatoms. The van der Waals surface area contributed by atoms with Crippen molar-refractivity contribution in [1.82, 2.24) is 14.7 Å². The van der Waals surface area contributed by atoms with Crippen LogP contribution in [0.1, 0.15) is 67.1 Å². The van der Waals surface area contributed by atoms with Crippen molar-refractivity contribution >= 4 is 38.7 Å². The van der Waals surface area contributed by atoms with E-state index in [-0.39, 0.29) is 17.8 Å². The molecule has 1 aliphatic rings. The van der Waals surface area contributed by atoms with Crippen LogP contribution in [0.15, 0.2) is 114 Å². The number of halogens is 1. The Kier molecular flexibility index (Phi) is 8.65. The standard InChI is InChI=1S/C38H38BrN3O3/c1-37(2,3)45-36(44)41-23-13-14-27(26-41)24-34(43)28-21-22-33-32(25-28)35(39)40-42(33)38(29-15-7-4-8-16-29,30-17-9-5-10-18-30)31-19-11-6-12-20-31/h4-12,15-22,25,27H,13-14,23-24,26H2,1-3H3/t27-/m0/s1. The third-order valence-corrected chi connectivity index (χ3v) is 9.08. The Bertz CT molecular complexity index is 1700. The predicted octanol–water partition coefficient (Wildman–Crippen LogP) is 8.86. The van der Waals surface area contributed by atoms with Gasteiger partial charge in [0, 0.05) is 30.5 Å². The van der Waals surface area contributed by atoms with E-state index in [0.29, 0.717) is 29.7 Å². The van der Waals surface area contributed by atoms with E-state index in [2.05, 4.69) is 93.4 Å². The van der Waals surface area contributed by atoms with Crippen LogP contribution in [0.3, 0.4) is 0 Å². The van der Waals surface area contributed by atoms with Crippen molar-refractivity contribution in [3.63, 3.8) is 0 Å². The lowest BCUT2D eigenvalue weighted by Crippen LogP contribution is -2.43. The van der Waals surface area contributed by atoms with Crippen LogP contribution in [0, 0.1) is 5.92 Å². The highest BCUT2D eigenvalue weighted by Crippen LogP contribution is 2.43. The second-order valence-corrected chi connectivity index (χ2v) is 13.6. The summed E-state index contributed by atoms with van der Waals surface area (Å²) in [6, 6.07) is 37.2. The first-order valence-corrected chi connectivity index (χ1v) is 16.3. The van der Waals surface area contributed by atoms with Crippen molar-refractivity contribution in [1.29, 1.82) is 0 Å². The molecule has 0 radical (unpaired) electrons. The molecule has 0 aliphatic carbocycles. The first-order valence-electron chi connectivity index (χ1n) is 15.5. The normalized spacial score (nSPS) is 15.6. The molecule has 5 aromatic rings. The predicted molar refractivity (Wildman–Crippen MR) is 182 cm³/mol. The molecule has 1 saturated heterocycles. The lowest BCUT2D eigenvalue weighted by molar-refractivity contribution is 0.0161. The van der Waals surface area contributed by atoms with Gasteiger partial charge in [-0.25, -0.2) is 9.48 Å². The lowest BCUT2D eigenvalue weighted by atomic mass is 9.77. The van der Waals surface area contributed by atoms with Crippen molar-refractivity contribution in [2.24, 2.45) is 5.92 Å². The second kappa shape index (κ2) is 12.6. The Labute approximate surface area is 273 Å². The third-order valence-electron chi connectivity index (χ3n) is 8.49. The van der Waals surface area contributed by atoms with E-state index in [0.717, 1.165) is 40.4 Å². The number of ketones is 1. The van der Waals surface area contributed by atoms with Crippen LogP contribution in [0.4, 0.5) is 4.79 Å². The van der Waals surface area contributed by atoms with Crippen LogP contribution in [-0.2, 0) is 10.3 Å². The molecule has 0 spiro atoms. The van der Waals surface area contributed by atoms with E-state index < -0.39 is 11.1 Å². The van der Waals surface area contributed by atoms with Crippen molar-refractivity contribution in [2.45, 2.75) is 51.2 Å². The summed E-state index contributed by atoms with van der Waals surface area (Å²) in [5, 5.41) is 6.00. The highest BCUT2D eigenvalue weighted by Gasteiger charge is 2.41. The van der Waals surface area contributed by atoms with Gasteiger partial charge in [-0.05, 0) is 90.4 Å². The number of rotatable bonds is 7. The number of piperidine rings is 1. The van der Waals surface area contributed by atoms with Crippen LogP contribution in [0.2, 0.25) is 0 Å². The summed E-state index contributed by atoms with van der Waals surface area (Å²) in [5.74, 6) is 0.149. The van der Waals surface area contributed by atoms with Crippen molar-refractivity contribution in [2.75, 3.05) is 13.1 Å². The van der Waals surface area contributed by atoms with Gasteiger partial charge in [-0.15, -0.1) is 0 Å². The number of nitrogens with zero attached hydrogens (tertiary/aromatic N) is 3. The van der Waals surface area contributed by atoms with E-state index >= 15 is 0 Å². The molecule has 6 nitrogen and oxygen atoms in total. The monoisotopic (exact) mass is 663 g/mol. The second-order valence-electron chi connectivity index (χ2n) is 12.8. The van der Waals surface area contributed by atoms with Crippen LogP contribution in [-0.4, -0.2) is 45.2 Å². The van der Waals surface area contributed by atoms with Gasteiger partial charge in [-0.3, -0.25) is 4.79 Å². The number of ether oxygens (including phenoxy) is 1. The molecule has 0 bridgehead atoms. The van der Waals surface area contributed by atoms with Gasteiger partial charge in [-0.1, -0.05) is 91.0 Å². The number of amides is 1. The molecule has 2 heterocycles. The largest absolute Gasteiger partial charge is 0.444 e. The first-order chi connectivity index (χ1) is 21.7. The first kappa shape index (κ1) is 30.8. The minimum Gasteiger partial charge on any atom is -0.444 e. The van der Waals surface area contributed by atoms with Crippen LogP contribution >= 0.6 is 15.9 Å². The van der Waals surface area contributed by atoms with Gasteiger partial charge < -0.3 is 9.64 Å². The topological polar surface area (TPSA) is 64.4 Å². The molecule has 1 fully saturated rings. The zero-order valence-corrected chi connectivity index (χ0v) is 27.5. The van der Waals surface area contributed by atoms with Gasteiger partial charge >= 0.3 is 6.09 Å². The molecule has 4 aromatic carbocycles. The number of aromatic nitrogens is 2. The van der Waals surface area contributed by atoms with Crippen molar-refractivity contribution < 1.29 is 14.3 Å². The van der Waals surface area contributed by atoms with Crippen molar-refractivity contribution in [3.05, 3.63) is 136 Å². The van der Waals surface area contributed by atoms with Crippen LogP contribution in [0.5, 0.6) is 0 Å².